The molecule has 0 aliphatic rings. The Hall–Kier alpha value is -2.67. The van der Waals surface area contributed by atoms with Crippen LogP contribution in [-0.2, 0) is 4.79 Å². The largest absolute Gasteiger partial charge is 0.356 e. The first-order valence-corrected chi connectivity index (χ1v) is 10.3. The number of hydrogen-bond donors (Lipinski definition) is 1. The van der Waals surface area contributed by atoms with Gasteiger partial charge in [-0.15, -0.1) is 0 Å². The summed E-state index contributed by atoms with van der Waals surface area (Å²) in [6, 6.07) is 13.2. The van der Waals surface area contributed by atoms with Crippen molar-refractivity contribution in [2.24, 2.45) is 0 Å². The van der Waals surface area contributed by atoms with Crippen LogP contribution in [0.3, 0.4) is 0 Å². The molecule has 1 heterocycles. The lowest BCUT2D eigenvalue weighted by molar-refractivity contribution is -0.121. The van der Waals surface area contributed by atoms with Crippen LogP contribution in [0.2, 0.25) is 0 Å². The maximum absolute atomic E-state index is 14.4. The van der Waals surface area contributed by atoms with E-state index >= 15 is 0 Å². The van der Waals surface area contributed by atoms with Crippen LogP contribution in [0.1, 0.15) is 26.2 Å². The van der Waals surface area contributed by atoms with E-state index in [9.17, 15) is 14.0 Å². The molecule has 3 aromatic rings. The van der Waals surface area contributed by atoms with Gasteiger partial charge in [0.25, 0.3) is 5.56 Å². The molecule has 0 aliphatic carbocycles. The average molecular weight is 399 g/mol. The second kappa shape index (κ2) is 9.50. The van der Waals surface area contributed by atoms with Crippen LogP contribution >= 0.6 is 11.8 Å². The number of nitrogens with zero attached hydrogens (tertiary/aromatic N) is 2. The third-order valence-corrected chi connectivity index (χ3v) is 5.21. The fourth-order valence-corrected chi connectivity index (χ4v) is 3.75. The highest BCUT2D eigenvalue weighted by Gasteiger charge is 2.15. The molecular weight excluding hydrogens is 377 g/mol. The van der Waals surface area contributed by atoms with E-state index in [2.05, 4.69) is 10.3 Å². The van der Waals surface area contributed by atoms with Gasteiger partial charge in [-0.2, -0.15) is 0 Å². The minimum Gasteiger partial charge on any atom is -0.356 e. The highest BCUT2D eigenvalue weighted by molar-refractivity contribution is 7.99. The van der Waals surface area contributed by atoms with Crippen molar-refractivity contribution in [2.75, 3.05) is 12.3 Å². The van der Waals surface area contributed by atoms with Gasteiger partial charge in [0, 0.05) is 18.7 Å². The monoisotopic (exact) mass is 399 g/mol. The van der Waals surface area contributed by atoms with E-state index in [-0.39, 0.29) is 17.2 Å². The van der Waals surface area contributed by atoms with Gasteiger partial charge in [0.15, 0.2) is 5.16 Å². The lowest BCUT2D eigenvalue weighted by Crippen LogP contribution is -2.24. The minimum absolute atomic E-state index is 0.0143. The van der Waals surface area contributed by atoms with Crippen molar-refractivity contribution in [2.45, 2.75) is 31.3 Å². The molecule has 1 N–H and O–H groups in total. The number of carbonyl (C=O) groups is 1. The second-order valence-electron chi connectivity index (χ2n) is 6.31. The Kier molecular flexibility index (Phi) is 6.81. The molecule has 1 aromatic heterocycles. The molecule has 7 heteroatoms. The molecule has 0 spiro atoms. The molecular formula is C21H22FN3O2S. The number of amides is 1. The summed E-state index contributed by atoms with van der Waals surface area (Å²) in [5.74, 6) is 0.126. The number of para-hydroxylation sites is 2. The van der Waals surface area contributed by atoms with Gasteiger partial charge in [0.05, 0.1) is 16.6 Å². The van der Waals surface area contributed by atoms with Crippen molar-refractivity contribution >= 4 is 28.6 Å². The summed E-state index contributed by atoms with van der Waals surface area (Å²) in [6.07, 6.45) is 1.95. The van der Waals surface area contributed by atoms with E-state index < -0.39 is 5.82 Å². The van der Waals surface area contributed by atoms with Crippen LogP contribution < -0.4 is 10.9 Å². The molecule has 3 rings (SSSR count). The smallest absolute Gasteiger partial charge is 0.266 e. The van der Waals surface area contributed by atoms with Crippen LogP contribution in [0.25, 0.3) is 16.6 Å². The van der Waals surface area contributed by atoms with Crippen LogP contribution in [0.5, 0.6) is 0 Å². The van der Waals surface area contributed by atoms with E-state index in [0.29, 0.717) is 41.2 Å². The van der Waals surface area contributed by atoms with Gasteiger partial charge in [-0.25, -0.2) is 9.37 Å². The Morgan fingerprint density at radius 1 is 1.18 bits per heavy atom. The van der Waals surface area contributed by atoms with E-state index in [1.807, 2.05) is 13.0 Å². The molecule has 146 valence electrons. The average Bonchev–Trinajstić information content (AvgIpc) is 2.71. The molecule has 0 unspecified atom stereocenters. The Balaban J connectivity index is 1.88. The number of hydrogen-bond acceptors (Lipinski definition) is 4. The molecule has 28 heavy (non-hydrogen) atoms. The Bertz CT molecular complexity index is 1040. The highest BCUT2D eigenvalue weighted by Crippen LogP contribution is 2.23. The molecule has 0 bridgehead atoms. The van der Waals surface area contributed by atoms with Crippen molar-refractivity contribution in [3.05, 3.63) is 64.7 Å². The zero-order valence-electron chi connectivity index (χ0n) is 15.7. The Morgan fingerprint density at radius 3 is 2.71 bits per heavy atom. The summed E-state index contributed by atoms with van der Waals surface area (Å²) < 4.78 is 15.7. The predicted octanol–water partition coefficient (Wildman–Crippen LogP) is 3.92. The lowest BCUT2D eigenvalue weighted by atomic mass is 10.2. The van der Waals surface area contributed by atoms with Gasteiger partial charge in [-0.05, 0) is 37.1 Å². The van der Waals surface area contributed by atoms with Crippen LogP contribution in [0.15, 0.2) is 58.5 Å². The van der Waals surface area contributed by atoms with Crippen molar-refractivity contribution < 1.29 is 9.18 Å². The number of halogens is 1. The normalized spacial score (nSPS) is 10.9. The molecule has 0 aliphatic heterocycles. The van der Waals surface area contributed by atoms with Gasteiger partial charge < -0.3 is 5.32 Å². The topological polar surface area (TPSA) is 64.0 Å². The second-order valence-corrected chi connectivity index (χ2v) is 7.37. The zero-order valence-corrected chi connectivity index (χ0v) is 16.5. The Labute approximate surface area is 167 Å². The molecule has 1 amide bonds. The van der Waals surface area contributed by atoms with Gasteiger partial charge >= 0.3 is 0 Å². The third-order valence-electron chi connectivity index (χ3n) is 4.19. The SMILES string of the molecule is CCCNC(=O)CCCSc1nc2ccccc2c(=O)n1-c1ccccc1F. The van der Waals surface area contributed by atoms with Crippen LogP contribution in [-0.4, -0.2) is 27.8 Å². The lowest BCUT2D eigenvalue weighted by Gasteiger charge is -2.13. The summed E-state index contributed by atoms with van der Waals surface area (Å²) in [6.45, 7) is 2.68. The molecule has 0 fully saturated rings. The maximum atomic E-state index is 14.4. The molecule has 0 saturated heterocycles. The standard InChI is InChI=1S/C21H22FN3O2S/c1-2-13-23-19(26)12-7-14-28-21-24-17-10-5-3-8-15(17)20(27)25(21)18-11-6-4-9-16(18)22/h3-6,8-11H,2,7,12-14H2,1H3,(H,23,26). The zero-order chi connectivity index (χ0) is 19.9. The summed E-state index contributed by atoms with van der Waals surface area (Å²) >= 11 is 1.35. The number of benzene rings is 2. The number of aromatic nitrogens is 2. The maximum Gasteiger partial charge on any atom is 0.266 e. The number of rotatable bonds is 8. The first-order valence-electron chi connectivity index (χ1n) is 9.28. The van der Waals surface area contributed by atoms with Crippen molar-refractivity contribution in [1.82, 2.24) is 14.9 Å². The first kappa shape index (κ1) is 20.1. The first-order chi connectivity index (χ1) is 13.6. The van der Waals surface area contributed by atoms with Crippen molar-refractivity contribution in [3.63, 3.8) is 0 Å². The van der Waals surface area contributed by atoms with Crippen molar-refractivity contribution in [1.29, 1.82) is 0 Å². The summed E-state index contributed by atoms with van der Waals surface area (Å²) in [5, 5.41) is 3.70. The summed E-state index contributed by atoms with van der Waals surface area (Å²) in [7, 11) is 0. The predicted molar refractivity (Wildman–Crippen MR) is 111 cm³/mol. The molecule has 0 radical (unpaired) electrons. The number of carbonyl (C=O) groups excluding carboxylic acids is 1. The minimum atomic E-state index is -0.484. The Morgan fingerprint density at radius 2 is 1.93 bits per heavy atom. The molecule has 2 aromatic carbocycles. The molecule has 0 saturated carbocycles. The van der Waals surface area contributed by atoms with Gasteiger partial charge in [0.2, 0.25) is 5.91 Å². The van der Waals surface area contributed by atoms with Crippen LogP contribution in [0, 0.1) is 5.82 Å². The molecule has 0 atom stereocenters. The fraction of sp³-hybridized carbons (Fsp3) is 0.286. The van der Waals surface area contributed by atoms with Crippen LogP contribution in [0.4, 0.5) is 4.39 Å². The van der Waals surface area contributed by atoms with E-state index in [1.54, 1.807) is 36.4 Å². The highest BCUT2D eigenvalue weighted by atomic mass is 32.2. The van der Waals surface area contributed by atoms with Gasteiger partial charge in [-0.1, -0.05) is 43.0 Å². The summed E-state index contributed by atoms with van der Waals surface area (Å²) in [4.78, 5) is 29.4. The number of thioether (sulfide) groups is 1. The third kappa shape index (κ3) is 4.59. The quantitative estimate of drug-likeness (QED) is 0.354. The van der Waals surface area contributed by atoms with E-state index in [0.717, 1.165) is 6.42 Å². The van der Waals surface area contributed by atoms with E-state index in [4.69, 9.17) is 0 Å². The summed E-state index contributed by atoms with van der Waals surface area (Å²) in [5.41, 5.74) is 0.441. The van der Waals surface area contributed by atoms with Crippen molar-refractivity contribution in [3.8, 4) is 5.69 Å². The van der Waals surface area contributed by atoms with E-state index in [1.165, 1.54) is 22.4 Å². The number of nitrogens with one attached hydrogen (secondary N) is 1. The van der Waals surface area contributed by atoms with Gasteiger partial charge in [0.1, 0.15) is 5.82 Å². The molecule has 5 nitrogen and oxygen atoms in total. The fourth-order valence-electron chi connectivity index (χ4n) is 2.80. The van der Waals surface area contributed by atoms with Gasteiger partial charge in [-0.3, -0.25) is 14.2 Å². The number of fused-ring (bicyclic) bond motifs is 1.